The van der Waals surface area contributed by atoms with Crippen LogP contribution in [-0.2, 0) is 0 Å². The SMILES string of the molecule is CC(C#N)(CCCC(F)(F)F)NC1CCCC1. The Morgan fingerprint density at radius 3 is 2.29 bits per heavy atom. The first-order chi connectivity index (χ1) is 7.85. The van der Waals surface area contributed by atoms with Crippen molar-refractivity contribution in [2.75, 3.05) is 0 Å². The predicted molar refractivity (Wildman–Crippen MR) is 59.3 cm³/mol. The number of hydrogen-bond acceptors (Lipinski definition) is 2. The molecule has 98 valence electrons. The lowest BCUT2D eigenvalue weighted by Crippen LogP contribution is -2.46. The fourth-order valence-corrected chi connectivity index (χ4v) is 2.32. The van der Waals surface area contributed by atoms with Crippen LogP contribution in [0, 0.1) is 11.3 Å². The van der Waals surface area contributed by atoms with E-state index in [0.29, 0.717) is 6.04 Å². The van der Waals surface area contributed by atoms with Gasteiger partial charge in [0.1, 0.15) is 5.54 Å². The van der Waals surface area contributed by atoms with E-state index in [0.717, 1.165) is 25.7 Å². The van der Waals surface area contributed by atoms with Gasteiger partial charge >= 0.3 is 6.18 Å². The maximum absolute atomic E-state index is 12.0. The molecule has 0 saturated heterocycles. The second kappa shape index (κ2) is 5.72. The highest BCUT2D eigenvalue weighted by atomic mass is 19.4. The van der Waals surface area contributed by atoms with E-state index in [1.807, 2.05) is 0 Å². The Bertz CT molecular complexity index is 276. The standard InChI is InChI=1S/C12H19F3N2/c1-11(9-16,7-4-8-12(13,14)15)17-10-5-2-3-6-10/h10,17H,2-8H2,1H3. The van der Waals surface area contributed by atoms with Gasteiger partial charge in [-0.25, -0.2) is 0 Å². The lowest BCUT2D eigenvalue weighted by Gasteiger charge is -2.27. The number of halogens is 3. The Morgan fingerprint density at radius 2 is 1.82 bits per heavy atom. The van der Waals surface area contributed by atoms with Crippen molar-refractivity contribution in [3.05, 3.63) is 0 Å². The van der Waals surface area contributed by atoms with Crippen LogP contribution in [0.3, 0.4) is 0 Å². The summed E-state index contributed by atoms with van der Waals surface area (Å²) in [5.74, 6) is 0. The molecule has 5 heteroatoms. The molecular formula is C12H19F3N2. The molecule has 0 spiro atoms. The molecule has 0 bridgehead atoms. The van der Waals surface area contributed by atoms with Crippen LogP contribution in [0.1, 0.15) is 51.9 Å². The molecule has 1 atom stereocenters. The van der Waals surface area contributed by atoms with Gasteiger partial charge in [0.15, 0.2) is 0 Å². The average molecular weight is 248 g/mol. The highest BCUT2D eigenvalue weighted by Gasteiger charge is 2.31. The third kappa shape index (κ3) is 5.40. The second-order valence-electron chi connectivity index (χ2n) is 5.04. The number of nitrogens with one attached hydrogen (secondary N) is 1. The molecule has 1 aliphatic rings. The first-order valence-electron chi connectivity index (χ1n) is 6.10. The summed E-state index contributed by atoms with van der Waals surface area (Å²) in [6, 6.07) is 2.41. The van der Waals surface area contributed by atoms with Gasteiger partial charge in [0.2, 0.25) is 0 Å². The molecule has 1 rings (SSSR count). The summed E-state index contributed by atoms with van der Waals surface area (Å²) in [5, 5.41) is 12.3. The summed E-state index contributed by atoms with van der Waals surface area (Å²) in [5.41, 5.74) is -0.819. The van der Waals surface area contributed by atoms with Gasteiger partial charge in [-0.3, -0.25) is 5.32 Å². The molecule has 17 heavy (non-hydrogen) atoms. The highest BCUT2D eigenvalue weighted by Crippen LogP contribution is 2.26. The summed E-state index contributed by atoms with van der Waals surface area (Å²) < 4.78 is 36.1. The smallest absolute Gasteiger partial charge is 0.297 e. The Labute approximate surface area is 100 Å². The maximum Gasteiger partial charge on any atom is 0.389 e. The summed E-state index contributed by atoms with van der Waals surface area (Å²) in [6.07, 6.45) is -0.344. The van der Waals surface area contributed by atoms with Gasteiger partial charge in [0, 0.05) is 12.5 Å². The second-order valence-corrected chi connectivity index (χ2v) is 5.04. The first-order valence-corrected chi connectivity index (χ1v) is 6.10. The average Bonchev–Trinajstić information content (AvgIpc) is 2.68. The van der Waals surface area contributed by atoms with Gasteiger partial charge in [0.05, 0.1) is 6.07 Å². The van der Waals surface area contributed by atoms with E-state index < -0.39 is 18.1 Å². The molecule has 0 amide bonds. The van der Waals surface area contributed by atoms with Crippen molar-refractivity contribution in [3.63, 3.8) is 0 Å². The van der Waals surface area contributed by atoms with E-state index in [-0.39, 0.29) is 12.8 Å². The minimum absolute atomic E-state index is 0.00722. The normalized spacial score (nSPS) is 21.1. The van der Waals surface area contributed by atoms with E-state index in [4.69, 9.17) is 5.26 Å². The zero-order chi connectivity index (χ0) is 12.9. The Kier molecular flexibility index (Phi) is 4.81. The highest BCUT2D eigenvalue weighted by molar-refractivity contribution is 5.05. The zero-order valence-corrected chi connectivity index (χ0v) is 10.1. The van der Waals surface area contributed by atoms with Gasteiger partial charge in [-0.1, -0.05) is 12.8 Å². The van der Waals surface area contributed by atoms with Crippen LogP contribution in [0.15, 0.2) is 0 Å². The molecule has 0 radical (unpaired) electrons. The van der Waals surface area contributed by atoms with Crippen LogP contribution >= 0.6 is 0 Å². The van der Waals surface area contributed by atoms with Crippen molar-refractivity contribution < 1.29 is 13.2 Å². The van der Waals surface area contributed by atoms with Gasteiger partial charge in [-0.2, -0.15) is 18.4 Å². The third-order valence-corrected chi connectivity index (χ3v) is 3.26. The Balaban J connectivity index is 2.37. The number of alkyl halides is 3. The molecule has 0 aromatic carbocycles. The molecule has 1 N–H and O–H groups in total. The molecule has 1 saturated carbocycles. The Morgan fingerprint density at radius 1 is 1.24 bits per heavy atom. The summed E-state index contributed by atoms with van der Waals surface area (Å²) >= 11 is 0. The van der Waals surface area contributed by atoms with E-state index in [1.165, 1.54) is 0 Å². The predicted octanol–water partition coefficient (Wildman–Crippen LogP) is 3.53. The molecule has 2 nitrogen and oxygen atoms in total. The van der Waals surface area contributed by atoms with E-state index in [1.54, 1.807) is 6.92 Å². The largest absolute Gasteiger partial charge is 0.389 e. The van der Waals surface area contributed by atoms with Crippen molar-refractivity contribution >= 4 is 0 Å². The van der Waals surface area contributed by atoms with Crippen LogP contribution in [-0.4, -0.2) is 17.8 Å². The number of hydrogen-bond donors (Lipinski definition) is 1. The monoisotopic (exact) mass is 248 g/mol. The Hall–Kier alpha value is -0.760. The lowest BCUT2D eigenvalue weighted by atomic mass is 9.95. The van der Waals surface area contributed by atoms with Crippen molar-refractivity contribution in [2.24, 2.45) is 0 Å². The molecule has 0 heterocycles. The van der Waals surface area contributed by atoms with E-state index in [9.17, 15) is 13.2 Å². The molecular weight excluding hydrogens is 229 g/mol. The van der Waals surface area contributed by atoms with Crippen molar-refractivity contribution in [1.82, 2.24) is 5.32 Å². The van der Waals surface area contributed by atoms with Gasteiger partial charge in [-0.05, 0) is 32.6 Å². The van der Waals surface area contributed by atoms with Crippen LogP contribution < -0.4 is 5.32 Å². The van der Waals surface area contributed by atoms with Gasteiger partial charge in [0.25, 0.3) is 0 Å². The van der Waals surface area contributed by atoms with Gasteiger partial charge in [-0.15, -0.1) is 0 Å². The van der Waals surface area contributed by atoms with Crippen LogP contribution in [0.4, 0.5) is 13.2 Å². The summed E-state index contributed by atoms with van der Waals surface area (Å²) in [7, 11) is 0. The first kappa shape index (κ1) is 14.3. The van der Waals surface area contributed by atoms with Crippen LogP contribution in [0.5, 0.6) is 0 Å². The van der Waals surface area contributed by atoms with Crippen molar-refractivity contribution in [1.29, 1.82) is 5.26 Å². The number of rotatable bonds is 5. The zero-order valence-electron chi connectivity index (χ0n) is 10.1. The molecule has 1 unspecified atom stereocenters. The fourth-order valence-electron chi connectivity index (χ4n) is 2.32. The van der Waals surface area contributed by atoms with Gasteiger partial charge < -0.3 is 0 Å². The van der Waals surface area contributed by atoms with Crippen LogP contribution in [0.2, 0.25) is 0 Å². The molecule has 1 aliphatic carbocycles. The van der Waals surface area contributed by atoms with Crippen molar-refractivity contribution in [3.8, 4) is 6.07 Å². The summed E-state index contributed by atoms with van der Waals surface area (Å²) in [4.78, 5) is 0. The van der Waals surface area contributed by atoms with Crippen molar-refractivity contribution in [2.45, 2.75) is 69.6 Å². The number of nitrogens with zero attached hydrogens (tertiary/aromatic N) is 1. The van der Waals surface area contributed by atoms with E-state index in [2.05, 4.69) is 11.4 Å². The number of nitriles is 1. The fraction of sp³-hybridized carbons (Fsp3) is 0.917. The molecule has 1 fully saturated rings. The maximum atomic E-state index is 12.0. The lowest BCUT2D eigenvalue weighted by molar-refractivity contribution is -0.136. The molecule has 0 aromatic heterocycles. The summed E-state index contributed by atoms with van der Waals surface area (Å²) in [6.45, 7) is 1.70. The van der Waals surface area contributed by atoms with Crippen LogP contribution in [0.25, 0.3) is 0 Å². The minimum Gasteiger partial charge on any atom is -0.297 e. The molecule has 0 aliphatic heterocycles. The molecule has 0 aromatic rings. The topological polar surface area (TPSA) is 35.8 Å². The third-order valence-electron chi connectivity index (χ3n) is 3.26. The van der Waals surface area contributed by atoms with E-state index >= 15 is 0 Å². The quantitative estimate of drug-likeness (QED) is 0.807. The minimum atomic E-state index is -4.12.